The molecule has 6 heteroatoms. The molecule has 1 amide bonds. The minimum atomic E-state index is -0.505. The van der Waals surface area contributed by atoms with Crippen molar-refractivity contribution in [3.63, 3.8) is 0 Å². The van der Waals surface area contributed by atoms with Gasteiger partial charge in [0, 0.05) is 11.5 Å². The van der Waals surface area contributed by atoms with Crippen molar-refractivity contribution in [2.24, 2.45) is 0 Å². The lowest BCUT2D eigenvalue weighted by Gasteiger charge is -2.06. The molecule has 0 saturated carbocycles. The molecule has 1 heterocycles. The molecule has 2 N–H and O–H groups in total. The van der Waals surface area contributed by atoms with E-state index in [-0.39, 0.29) is 11.4 Å². The molecule has 19 heavy (non-hydrogen) atoms. The van der Waals surface area contributed by atoms with Crippen LogP contribution in [0.25, 0.3) is 0 Å². The van der Waals surface area contributed by atoms with Gasteiger partial charge in [-0.25, -0.2) is 9.37 Å². The smallest absolute Gasteiger partial charge is 0.274 e. The standard InChI is InChI=1S/C13H11BrFN3O/c1-16-9-3-5-12(17-7-9)13(19)18-11-4-2-8(14)6-10(11)15/h2-7,16H,1H3,(H,18,19). The number of anilines is 2. The van der Waals surface area contributed by atoms with Gasteiger partial charge in [-0.05, 0) is 30.3 Å². The third kappa shape index (κ3) is 3.29. The molecule has 1 aromatic heterocycles. The topological polar surface area (TPSA) is 54.0 Å². The van der Waals surface area contributed by atoms with E-state index in [0.717, 1.165) is 5.69 Å². The highest BCUT2D eigenvalue weighted by Gasteiger charge is 2.10. The third-order valence-corrected chi connectivity index (χ3v) is 2.96. The first kappa shape index (κ1) is 13.5. The van der Waals surface area contributed by atoms with Crippen molar-refractivity contribution in [1.29, 1.82) is 0 Å². The Morgan fingerprint density at radius 3 is 2.68 bits per heavy atom. The summed E-state index contributed by atoms with van der Waals surface area (Å²) in [4.78, 5) is 15.9. The molecule has 0 aliphatic carbocycles. The van der Waals surface area contributed by atoms with Gasteiger partial charge in [0.05, 0.1) is 17.6 Å². The van der Waals surface area contributed by atoms with Crippen LogP contribution in [0.3, 0.4) is 0 Å². The summed E-state index contributed by atoms with van der Waals surface area (Å²) in [6.07, 6.45) is 1.53. The van der Waals surface area contributed by atoms with E-state index >= 15 is 0 Å². The largest absolute Gasteiger partial charge is 0.387 e. The van der Waals surface area contributed by atoms with E-state index in [1.807, 2.05) is 0 Å². The number of aromatic nitrogens is 1. The zero-order valence-electron chi connectivity index (χ0n) is 10.1. The van der Waals surface area contributed by atoms with Crippen LogP contribution in [0.5, 0.6) is 0 Å². The summed E-state index contributed by atoms with van der Waals surface area (Å²) in [6.45, 7) is 0. The molecule has 0 unspecified atom stereocenters. The summed E-state index contributed by atoms with van der Waals surface area (Å²) < 4.78 is 14.2. The molecule has 0 fully saturated rings. The highest BCUT2D eigenvalue weighted by Crippen LogP contribution is 2.19. The maximum Gasteiger partial charge on any atom is 0.274 e. The Bertz CT molecular complexity index is 601. The van der Waals surface area contributed by atoms with Crippen molar-refractivity contribution in [1.82, 2.24) is 4.98 Å². The Balaban J connectivity index is 2.15. The van der Waals surface area contributed by atoms with Crippen LogP contribution in [0.4, 0.5) is 15.8 Å². The van der Waals surface area contributed by atoms with Gasteiger partial charge in [-0.15, -0.1) is 0 Å². The van der Waals surface area contributed by atoms with Gasteiger partial charge in [-0.2, -0.15) is 0 Å². The number of benzene rings is 1. The number of carbonyl (C=O) groups is 1. The molecule has 98 valence electrons. The number of amides is 1. The second-order valence-electron chi connectivity index (χ2n) is 3.76. The van der Waals surface area contributed by atoms with E-state index < -0.39 is 11.7 Å². The van der Waals surface area contributed by atoms with Crippen LogP contribution in [-0.2, 0) is 0 Å². The number of nitrogens with one attached hydrogen (secondary N) is 2. The fourth-order valence-electron chi connectivity index (χ4n) is 1.45. The van der Waals surface area contributed by atoms with Crippen LogP contribution in [0.15, 0.2) is 41.0 Å². The lowest BCUT2D eigenvalue weighted by atomic mass is 10.2. The normalized spacial score (nSPS) is 10.1. The summed E-state index contributed by atoms with van der Waals surface area (Å²) in [7, 11) is 1.76. The fourth-order valence-corrected chi connectivity index (χ4v) is 1.79. The number of nitrogens with zero attached hydrogens (tertiary/aromatic N) is 1. The molecule has 0 spiro atoms. The molecule has 0 atom stereocenters. The Morgan fingerprint density at radius 1 is 1.32 bits per heavy atom. The highest BCUT2D eigenvalue weighted by atomic mass is 79.9. The molecule has 0 aliphatic rings. The van der Waals surface area contributed by atoms with Gasteiger partial charge in [0.1, 0.15) is 11.5 Å². The van der Waals surface area contributed by atoms with Crippen LogP contribution in [0.1, 0.15) is 10.5 Å². The molecule has 2 aromatic rings. The second kappa shape index (κ2) is 5.79. The minimum absolute atomic E-state index is 0.118. The zero-order valence-corrected chi connectivity index (χ0v) is 11.7. The minimum Gasteiger partial charge on any atom is -0.387 e. The highest BCUT2D eigenvalue weighted by molar-refractivity contribution is 9.10. The number of carbonyl (C=O) groups excluding carboxylic acids is 1. The average Bonchev–Trinajstić information content (AvgIpc) is 2.42. The first-order valence-electron chi connectivity index (χ1n) is 5.50. The van der Waals surface area contributed by atoms with Crippen LogP contribution in [0.2, 0.25) is 0 Å². The van der Waals surface area contributed by atoms with Gasteiger partial charge in [0.2, 0.25) is 0 Å². The molecule has 1 aromatic carbocycles. The SMILES string of the molecule is CNc1ccc(C(=O)Nc2ccc(Br)cc2F)nc1. The summed E-state index contributed by atoms with van der Waals surface area (Å²) >= 11 is 3.15. The van der Waals surface area contributed by atoms with Crippen LogP contribution < -0.4 is 10.6 Å². The van der Waals surface area contributed by atoms with E-state index in [1.165, 1.54) is 18.3 Å². The van der Waals surface area contributed by atoms with E-state index in [1.54, 1.807) is 25.2 Å². The summed E-state index contributed by atoms with van der Waals surface area (Å²) in [6, 6.07) is 7.71. The Labute approximate surface area is 118 Å². The molecular formula is C13H11BrFN3O. The predicted molar refractivity (Wildman–Crippen MR) is 75.8 cm³/mol. The summed E-state index contributed by atoms with van der Waals surface area (Å²) in [5, 5.41) is 5.37. The van der Waals surface area contributed by atoms with Gasteiger partial charge in [-0.1, -0.05) is 15.9 Å². The van der Waals surface area contributed by atoms with Gasteiger partial charge < -0.3 is 10.6 Å². The number of pyridine rings is 1. The maximum atomic E-state index is 13.6. The van der Waals surface area contributed by atoms with E-state index in [9.17, 15) is 9.18 Å². The lowest BCUT2D eigenvalue weighted by Crippen LogP contribution is -2.14. The second-order valence-corrected chi connectivity index (χ2v) is 4.68. The average molecular weight is 324 g/mol. The fraction of sp³-hybridized carbons (Fsp3) is 0.0769. The van der Waals surface area contributed by atoms with Crippen molar-refractivity contribution in [3.8, 4) is 0 Å². The predicted octanol–water partition coefficient (Wildman–Crippen LogP) is 3.28. The van der Waals surface area contributed by atoms with E-state index in [4.69, 9.17) is 0 Å². The molecule has 0 radical (unpaired) electrons. The van der Waals surface area contributed by atoms with Gasteiger partial charge in [-0.3, -0.25) is 4.79 Å². The quantitative estimate of drug-likeness (QED) is 0.911. The lowest BCUT2D eigenvalue weighted by molar-refractivity contribution is 0.102. The number of hydrogen-bond acceptors (Lipinski definition) is 3. The number of halogens is 2. The first-order chi connectivity index (χ1) is 9.10. The Hall–Kier alpha value is -1.95. The maximum absolute atomic E-state index is 13.6. The molecule has 2 rings (SSSR count). The molecular weight excluding hydrogens is 313 g/mol. The number of hydrogen-bond donors (Lipinski definition) is 2. The van der Waals surface area contributed by atoms with E-state index in [2.05, 4.69) is 31.5 Å². The van der Waals surface area contributed by atoms with E-state index in [0.29, 0.717) is 4.47 Å². The first-order valence-corrected chi connectivity index (χ1v) is 6.29. The number of rotatable bonds is 3. The van der Waals surface area contributed by atoms with Gasteiger partial charge in [0.25, 0.3) is 5.91 Å². The van der Waals surface area contributed by atoms with Gasteiger partial charge in [0.15, 0.2) is 0 Å². The Morgan fingerprint density at radius 2 is 2.11 bits per heavy atom. The van der Waals surface area contributed by atoms with Crippen molar-refractivity contribution < 1.29 is 9.18 Å². The Kier molecular flexibility index (Phi) is 4.11. The molecule has 0 aliphatic heterocycles. The molecule has 0 saturated heterocycles. The van der Waals surface area contributed by atoms with Crippen molar-refractivity contribution >= 4 is 33.2 Å². The summed E-state index contributed by atoms with van der Waals surface area (Å²) in [5.41, 5.74) is 1.14. The van der Waals surface area contributed by atoms with Gasteiger partial charge >= 0.3 is 0 Å². The van der Waals surface area contributed by atoms with Crippen LogP contribution >= 0.6 is 15.9 Å². The van der Waals surface area contributed by atoms with Crippen molar-refractivity contribution in [3.05, 3.63) is 52.5 Å². The zero-order chi connectivity index (χ0) is 13.8. The molecule has 0 bridgehead atoms. The van der Waals surface area contributed by atoms with Crippen molar-refractivity contribution in [2.75, 3.05) is 17.7 Å². The monoisotopic (exact) mass is 323 g/mol. The summed E-state index contributed by atoms with van der Waals surface area (Å²) in [5.74, 6) is -0.960. The van der Waals surface area contributed by atoms with Crippen LogP contribution in [-0.4, -0.2) is 17.9 Å². The van der Waals surface area contributed by atoms with Crippen LogP contribution in [0, 0.1) is 5.82 Å². The van der Waals surface area contributed by atoms with Crippen molar-refractivity contribution in [2.45, 2.75) is 0 Å². The molecule has 4 nitrogen and oxygen atoms in total. The third-order valence-electron chi connectivity index (χ3n) is 2.46.